The number of carbonyl (C=O) groups is 2. The summed E-state index contributed by atoms with van der Waals surface area (Å²) >= 11 is 0. The Morgan fingerprint density at radius 3 is 2.14 bits per heavy atom. The van der Waals surface area contributed by atoms with E-state index in [1.165, 1.54) is 11.2 Å². The minimum Gasteiger partial charge on any atom is -0.326 e. The number of nitrogens with zero attached hydrogens (tertiary/aromatic N) is 1. The Morgan fingerprint density at radius 1 is 0.966 bits per heavy atom. The zero-order valence-corrected chi connectivity index (χ0v) is 17.3. The van der Waals surface area contributed by atoms with E-state index in [0.29, 0.717) is 30.8 Å². The molecule has 0 bridgehead atoms. The van der Waals surface area contributed by atoms with Crippen LogP contribution in [-0.4, -0.2) is 37.6 Å². The van der Waals surface area contributed by atoms with Crippen molar-refractivity contribution < 1.29 is 18.0 Å². The number of sulfonamides is 1. The molecular weight excluding hydrogens is 390 g/mol. The van der Waals surface area contributed by atoms with Crippen LogP contribution in [0.2, 0.25) is 0 Å². The highest BCUT2D eigenvalue weighted by molar-refractivity contribution is 7.89. The molecule has 8 heteroatoms. The van der Waals surface area contributed by atoms with Crippen LogP contribution < -0.4 is 10.6 Å². The molecule has 7 nitrogen and oxygen atoms in total. The molecule has 1 saturated heterocycles. The second kappa shape index (κ2) is 8.75. The molecule has 0 aliphatic carbocycles. The van der Waals surface area contributed by atoms with Gasteiger partial charge in [-0.3, -0.25) is 9.59 Å². The molecule has 2 N–H and O–H groups in total. The van der Waals surface area contributed by atoms with Gasteiger partial charge in [0.25, 0.3) is 0 Å². The molecule has 1 aliphatic heterocycles. The second-order valence-electron chi connectivity index (χ2n) is 7.26. The number of aryl methyl sites for hydroxylation is 1. The minimum absolute atomic E-state index is 0.159. The Balaban J connectivity index is 1.66. The van der Waals surface area contributed by atoms with Gasteiger partial charge in [0.2, 0.25) is 21.8 Å². The molecule has 0 radical (unpaired) electrons. The zero-order valence-electron chi connectivity index (χ0n) is 16.5. The Hall–Kier alpha value is -2.71. The molecule has 3 rings (SSSR count). The monoisotopic (exact) mass is 415 g/mol. The van der Waals surface area contributed by atoms with Gasteiger partial charge in [-0.25, -0.2) is 8.42 Å². The van der Waals surface area contributed by atoms with E-state index in [2.05, 4.69) is 10.6 Å². The number of hydrogen-bond acceptors (Lipinski definition) is 4. The normalized spacial score (nSPS) is 17.5. The van der Waals surface area contributed by atoms with Crippen LogP contribution in [0, 0.1) is 12.8 Å². The van der Waals surface area contributed by atoms with Crippen molar-refractivity contribution in [2.45, 2.75) is 31.6 Å². The molecule has 1 aliphatic rings. The molecule has 0 aromatic heterocycles. The van der Waals surface area contributed by atoms with Gasteiger partial charge in [0, 0.05) is 31.4 Å². The highest BCUT2D eigenvalue weighted by Crippen LogP contribution is 2.25. The van der Waals surface area contributed by atoms with E-state index in [9.17, 15) is 18.0 Å². The summed E-state index contributed by atoms with van der Waals surface area (Å²) in [5, 5.41) is 5.50. The number of piperidine rings is 1. The van der Waals surface area contributed by atoms with Crippen LogP contribution >= 0.6 is 0 Å². The lowest BCUT2D eigenvalue weighted by Gasteiger charge is -2.31. The van der Waals surface area contributed by atoms with E-state index in [1.807, 2.05) is 6.92 Å². The van der Waals surface area contributed by atoms with Gasteiger partial charge in [-0.15, -0.1) is 0 Å². The molecule has 1 heterocycles. The third-order valence-electron chi connectivity index (χ3n) is 4.89. The third kappa shape index (κ3) is 5.21. The minimum atomic E-state index is -3.62. The van der Waals surface area contributed by atoms with Crippen LogP contribution in [0.25, 0.3) is 0 Å². The number of nitrogens with one attached hydrogen (secondary N) is 2. The lowest BCUT2D eigenvalue weighted by atomic mass is 9.98. The fraction of sp³-hybridized carbons (Fsp3) is 0.333. The number of benzene rings is 2. The summed E-state index contributed by atoms with van der Waals surface area (Å²) in [5.74, 6) is -0.793. The lowest BCUT2D eigenvalue weighted by Crippen LogP contribution is -2.43. The topological polar surface area (TPSA) is 95.6 Å². The standard InChI is InChI=1S/C21H25N3O4S/c1-15-5-11-20(12-6-15)29(27,28)24-13-3-4-17(14-24)21(26)23-19-9-7-18(8-10-19)22-16(2)25/h5-12,17H,3-4,13-14H2,1-2H3,(H,22,25)(H,23,26)/t17-/m1/s1. The Kier molecular flexibility index (Phi) is 6.34. The van der Waals surface area contributed by atoms with Gasteiger partial charge >= 0.3 is 0 Å². The maximum atomic E-state index is 12.9. The van der Waals surface area contributed by atoms with Gasteiger partial charge in [0.1, 0.15) is 0 Å². The molecule has 1 fully saturated rings. The largest absolute Gasteiger partial charge is 0.326 e. The molecule has 2 aromatic rings. The summed E-state index contributed by atoms with van der Waals surface area (Å²) in [6.45, 7) is 3.90. The lowest BCUT2D eigenvalue weighted by molar-refractivity contribution is -0.121. The molecule has 0 saturated carbocycles. The van der Waals surface area contributed by atoms with Crippen LogP contribution in [0.15, 0.2) is 53.4 Å². The van der Waals surface area contributed by atoms with Gasteiger partial charge in [-0.2, -0.15) is 4.31 Å². The Bertz CT molecular complexity index is 986. The van der Waals surface area contributed by atoms with Crippen LogP contribution in [0.5, 0.6) is 0 Å². The summed E-state index contributed by atoms with van der Waals surface area (Å²) in [6.07, 6.45) is 1.26. The van der Waals surface area contributed by atoms with Gasteiger partial charge in [-0.05, 0) is 56.2 Å². The summed E-state index contributed by atoms with van der Waals surface area (Å²) < 4.78 is 27.2. The smallest absolute Gasteiger partial charge is 0.243 e. The van der Waals surface area contributed by atoms with Gasteiger partial charge in [0.05, 0.1) is 10.8 Å². The van der Waals surface area contributed by atoms with Crippen molar-refractivity contribution in [2.24, 2.45) is 5.92 Å². The maximum absolute atomic E-state index is 12.9. The number of hydrogen-bond donors (Lipinski definition) is 2. The van der Waals surface area contributed by atoms with E-state index in [1.54, 1.807) is 48.5 Å². The summed E-state index contributed by atoms with van der Waals surface area (Å²) in [6, 6.07) is 13.5. The molecule has 0 spiro atoms. The average Bonchev–Trinajstić information content (AvgIpc) is 2.69. The van der Waals surface area contributed by atoms with Crippen LogP contribution in [-0.2, 0) is 19.6 Å². The first kappa shape index (κ1) is 21.0. The predicted octanol–water partition coefficient (Wildman–Crippen LogP) is 2.99. The Labute approximate surface area is 171 Å². The highest BCUT2D eigenvalue weighted by atomic mass is 32.2. The molecule has 2 aromatic carbocycles. The van der Waals surface area contributed by atoms with Crippen molar-refractivity contribution in [1.82, 2.24) is 4.31 Å². The first-order chi connectivity index (χ1) is 13.8. The van der Waals surface area contributed by atoms with Gasteiger partial charge in [-0.1, -0.05) is 17.7 Å². The SMILES string of the molecule is CC(=O)Nc1ccc(NC(=O)[C@@H]2CCCN(S(=O)(=O)c3ccc(C)cc3)C2)cc1. The quantitative estimate of drug-likeness (QED) is 0.785. The molecular formula is C21H25N3O4S. The van der Waals surface area contributed by atoms with Crippen molar-refractivity contribution in [3.8, 4) is 0 Å². The second-order valence-corrected chi connectivity index (χ2v) is 9.20. The number of anilines is 2. The van der Waals surface area contributed by atoms with Crippen LogP contribution in [0.4, 0.5) is 11.4 Å². The molecule has 0 unspecified atom stereocenters. The molecule has 2 amide bonds. The predicted molar refractivity (Wildman–Crippen MR) is 112 cm³/mol. The number of rotatable bonds is 5. The van der Waals surface area contributed by atoms with E-state index in [0.717, 1.165) is 5.56 Å². The van der Waals surface area contributed by atoms with E-state index in [4.69, 9.17) is 0 Å². The van der Waals surface area contributed by atoms with Crippen molar-refractivity contribution in [2.75, 3.05) is 23.7 Å². The molecule has 1 atom stereocenters. The number of carbonyl (C=O) groups excluding carboxylic acids is 2. The third-order valence-corrected chi connectivity index (χ3v) is 6.77. The average molecular weight is 416 g/mol. The van der Waals surface area contributed by atoms with Crippen molar-refractivity contribution >= 4 is 33.2 Å². The van der Waals surface area contributed by atoms with Crippen molar-refractivity contribution in [1.29, 1.82) is 0 Å². The summed E-state index contributed by atoms with van der Waals surface area (Å²) in [4.78, 5) is 24.0. The molecule has 154 valence electrons. The van der Waals surface area contributed by atoms with E-state index < -0.39 is 15.9 Å². The van der Waals surface area contributed by atoms with Crippen molar-refractivity contribution in [3.05, 3.63) is 54.1 Å². The zero-order chi connectivity index (χ0) is 21.0. The van der Waals surface area contributed by atoms with Crippen LogP contribution in [0.1, 0.15) is 25.3 Å². The Morgan fingerprint density at radius 2 is 1.55 bits per heavy atom. The number of amides is 2. The first-order valence-corrected chi connectivity index (χ1v) is 10.9. The summed E-state index contributed by atoms with van der Waals surface area (Å²) in [5.41, 5.74) is 2.23. The van der Waals surface area contributed by atoms with Gasteiger partial charge in [0.15, 0.2) is 0 Å². The van der Waals surface area contributed by atoms with Crippen LogP contribution in [0.3, 0.4) is 0 Å². The van der Waals surface area contributed by atoms with Crippen molar-refractivity contribution in [3.63, 3.8) is 0 Å². The van der Waals surface area contributed by atoms with E-state index in [-0.39, 0.29) is 23.3 Å². The highest BCUT2D eigenvalue weighted by Gasteiger charge is 2.33. The molecule has 29 heavy (non-hydrogen) atoms. The fourth-order valence-electron chi connectivity index (χ4n) is 3.32. The first-order valence-electron chi connectivity index (χ1n) is 9.51. The summed E-state index contributed by atoms with van der Waals surface area (Å²) in [7, 11) is -3.62. The van der Waals surface area contributed by atoms with E-state index >= 15 is 0 Å². The van der Waals surface area contributed by atoms with Gasteiger partial charge < -0.3 is 10.6 Å². The maximum Gasteiger partial charge on any atom is 0.243 e. The fourth-order valence-corrected chi connectivity index (χ4v) is 4.84.